The predicted octanol–water partition coefficient (Wildman–Crippen LogP) is 6.73. The number of carbonyl (C=O) groups is 6. The topological polar surface area (TPSA) is 187 Å². The maximum atomic E-state index is 12.7. The largest absolute Gasteiger partial charge is 0.450 e. The van der Waals surface area contributed by atoms with Crippen LogP contribution in [0.15, 0.2) is 0 Å². The van der Waals surface area contributed by atoms with Crippen molar-refractivity contribution in [1.29, 1.82) is 0 Å². The predicted molar refractivity (Wildman–Crippen MR) is 315 cm³/mol. The van der Waals surface area contributed by atoms with Crippen molar-refractivity contribution in [2.24, 2.45) is 0 Å². The van der Waals surface area contributed by atoms with Gasteiger partial charge in [0.1, 0.15) is 19.8 Å². The first-order valence-electron chi connectivity index (χ1n) is 33.3. The summed E-state index contributed by atoms with van der Waals surface area (Å²) in [6, 6.07) is 1.87. The highest BCUT2D eigenvalue weighted by atomic mass is 16.6. The van der Waals surface area contributed by atoms with Gasteiger partial charge in [-0.2, -0.15) is 0 Å². The number of carbonyl (C=O) groups excluding carboxylic acids is 6. The molecule has 21 heteroatoms. The normalized spacial score (nSPS) is 35.1. The van der Waals surface area contributed by atoms with Crippen LogP contribution in [0.1, 0.15) is 176 Å². The summed E-state index contributed by atoms with van der Waals surface area (Å²) in [5.41, 5.74) is 0.0420. The van der Waals surface area contributed by atoms with E-state index in [9.17, 15) is 28.8 Å². The lowest BCUT2D eigenvalue weighted by atomic mass is 9.87. The highest BCUT2D eigenvalue weighted by Crippen LogP contribution is 2.40. The minimum absolute atomic E-state index is 0.0140. The van der Waals surface area contributed by atoms with Gasteiger partial charge in [0.2, 0.25) is 17.7 Å². The van der Waals surface area contributed by atoms with Crippen LogP contribution in [0.5, 0.6) is 0 Å². The Hall–Kier alpha value is -4.02. The van der Waals surface area contributed by atoms with E-state index in [0.29, 0.717) is 37.9 Å². The molecule has 6 amide bonds. The first kappa shape index (κ1) is 63.0. The van der Waals surface area contributed by atoms with Crippen molar-refractivity contribution in [3.63, 3.8) is 0 Å². The third kappa shape index (κ3) is 14.0. The third-order valence-corrected chi connectivity index (χ3v) is 22.0. The number of nitrogens with zero attached hydrogens (tertiary/aromatic N) is 9. The van der Waals surface area contributed by atoms with Crippen LogP contribution in [0.4, 0.5) is 14.4 Å². The molecule has 3 saturated carbocycles. The van der Waals surface area contributed by atoms with Gasteiger partial charge in [0.25, 0.3) is 0 Å². The number of rotatable bonds is 9. The minimum atomic E-state index is -0.191. The number of morpholine rings is 3. The van der Waals surface area contributed by atoms with Gasteiger partial charge < -0.3 is 57.8 Å². The first-order chi connectivity index (χ1) is 40.5. The number of amides is 6. The Morgan fingerprint density at radius 2 is 0.643 bits per heavy atom. The van der Waals surface area contributed by atoms with Gasteiger partial charge in [-0.1, -0.05) is 38.5 Å². The van der Waals surface area contributed by atoms with Crippen molar-refractivity contribution in [1.82, 2.24) is 44.1 Å². The molecule has 474 valence electrons. The van der Waals surface area contributed by atoms with Gasteiger partial charge in [0.15, 0.2) is 0 Å². The fourth-order valence-corrected chi connectivity index (χ4v) is 17.3. The second kappa shape index (κ2) is 28.0. The van der Waals surface area contributed by atoms with Gasteiger partial charge in [-0.15, -0.1) is 0 Å². The van der Waals surface area contributed by atoms with Crippen molar-refractivity contribution < 1.29 is 57.2 Å². The van der Waals surface area contributed by atoms with E-state index in [1.807, 2.05) is 35.5 Å². The lowest BCUT2D eigenvalue weighted by Gasteiger charge is -2.50. The van der Waals surface area contributed by atoms with Gasteiger partial charge in [-0.25, -0.2) is 14.4 Å². The highest BCUT2D eigenvalue weighted by Gasteiger charge is 2.50. The molecule has 84 heavy (non-hydrogen) atoms. The smallest absolute Gasteiger partial charge is 0.409 e. The van der Waals surface area contributed by atoms with E-state index < -0.39 is 0 Å². The Balaban J connectivity index is 0.000000140. The van der Waals surface area contributed by atoms with Crippen molar-refractivity contribution in [2.45, 2.75) is 248 Å². The molecule has 9 aliphatic heterocycles. The van der Waals surface area contributed by atoms with E-state index >= 15 is 0 Å². The van der Waals surface area contributed by atoms with Crippen LogP contribution in [0.25, 0.3) is 0 Å². The molecule has 0 aromatic rings. The quantitative estimate of drug-likeness (QED) is 0.221. The molecule has 9 heterocycles. The van der Waals surface area contributed by atoms with Crippen LogP contribution in [-0.4, -0.2) is 269 Å². The van der Waals surface area contributed by atoms with E-state index in [1.54, 1.807) is 0 Å². The van der Waals surface area contributed by atoms with Gasteiger partial charge in [-0.3, -0.25) is 29.1 Å². The summed E-state index contributed by atoms with van der Waals surface area (Å²) in [4.78, 5) is 93.9. The van der Waals surface area contributed by atoms with Crippen LogP contribution in [-0.2, 0) is 42.8 Å². The molecule has 0 aromatic carbocycles. The second-order valence-corrected chi connectivity index (χ2v) is 27.3. The zero-order chi connectivity index (χ0) is 59.2. The average molecular weight is 1180 g/mol. The standard InChI is InChI=1S/3C21H35N3O4/c3*1-3-27-20(26)22-13-10-21(2,15-22)23-11-8-16(9-12-23)24-17-6-4-5-7-18(17)28-14-19(24)25/h3*16-18H,3-15H2,1-2H3/t3*17-,18-,21?/m000/s1. The summed E-state index contributed by atoms with van der Waals surface area (Å²) in [6.45, 7) is 24.8. The monoisotopic (exact) mass is 1180 g/mol. The SMILES string of the molecule is CCOC(=O)N1CCC(C)(N2CCC(N3C(=O)CO[C@H]4CCCC[C@@H]43)CC2)C1.CCOC(=O)N1CCC(C)(N2CCC(N3C(=O)CO[C@H]4CCCC[C@@H]43)CC2)C1.CCOC(=O)N1CCC(C)(N2CCC(N3C(=O)CO[C@H]4CCCC[C@@H]43)CC2)C1. The molecule has 0 aromatic heterocycles. The van der Waals surface area contributed by atoms with Crippen molar-refractivity contribution in [3.8, 4) is 0 Å². The average Bonchev–Trinajstić information content (AvgIpc) is 3.11. The summed E-state index contributed by atoms with van der Waals surface area (Å²) < 4.78 is 33.0. The van der Waals surface area contributed by atoms with E-state index in [4.69, 9.17) is 28.4 Å². The molecule has 9 saturated heterocycles. The Labute approximate surface area is 501 Å². The molecule has 3 aliphatic carbocycles. The molecule has 0 N–H and O–H groups in total. The van der Waals surface area contributed by atoms with Crippen LogP contribution in [0.3, 0.4) is 0 Å². The summed E-state index contributed by atoms with van der Waals surface area (Å²) in [7, 11) is 0. The summed E-state index contributed by atoms with van der Waals surface area (Å²) in [5, 5.41) is 0. The molecule has 12 rings (SSSR count). The Kier molecular flexibility index (Phi) is 21.0. The van der Waals surface area contributed by atoms with Crippen molar-refractivity contribution in [3.05, 3.63) is 0 Å². The Bertz CT molecular complexity index is 2020. The molecular weight excluding hydrogens is 1070 g/mol. The summed E-state index contributed by atoms with van der Waals surface area (Å²) in [5.74, 6) is 0.548. The Morgan fingerprint density at radius 3 is 0.893 bits per heavy atom. The molecular formula is C63H105N9O12. The van der Waals surface area contributed by atoms with Gasteiger partial charge >= 0.3 is 18.3 Å². The van der Waals surface area contributed by atoms with Crippen LogP contribution < -0.4 is 0 Å². The molecule has 21 nitrogen and oxygen atoms in total. The first-order valence-corrected chi connectivity index (χ1v) is 33.3. The van der Waals surface area contributed by atoms with E-state index in [2.05, 4.69) is 50.2 Å². The van der Waals surface area contributed by atoms with Crippen LogP contribution in [0.2, 0.25) is 0 Å². The zero-order valence-electron chi connectivity index (χ0n) is 52.2. The van der Waals surface area contributed by atoms with Crippen LogP contribution >= 0.6 is 0 Å². The second-order valence-electron chi connectivity index (χ2n) is 27.3. The van der Waals surface area contributed by atoms with Crippen LogP contribution in [0, 0.1) is 0 Å². The lowest BCUT2D eigenvalue weighted by molar-refractivity contribution is -0.168. The number of likely N-dealkylation sites (tertiary alicyclic amines) is 6. The fraction of sp³-hybridized carbons (Fsp3) is 0.905. The number of hydrogen-bond acceptors (Lipinski definition) is 15. The number of fused-ring (bicyclic) bond motifs is 3. The van der Waals surface area contributed by atoms with E-state index in [-0.39, 0.29) is 109 Å². The van der Waals surface area contributed by atoms with Crippen molar-refractivity contribution >= 4 is 36.0 Å². The van der Waals surface area contributed by atoms with Gasteiger partial charge in [0, 0.05) is 113 Å². The molecule has 12 fully saturated rings. The maximum absolute atomic E-state index is 12.7. The molecule has 9 atom stereocenters. The van der Waals surface area contributed by atoms with Crippen molar-refractivity contribution in [2.75, 3.05) is 118 Å². The van der Waals surface area contributed by atoms with Gasteiger partial charge in [0.05, 0.1) is 56.3 Å². The molecule has 12 aliphatic rings. The van der Waals surface area contributed by atoms with E-state index in [1.165, 1.54) is 38.5 Å². The molecule has 3 unspecified atom stereocenters. The summed E-state index contributed by atoms with van der Waals surface area (Å²) in [6.07, 6.45) is 23.0. The minimum Gasteiger partial charge on any atom is -0.450 e. The lowest BCUT2D eigenvalue weighted by Crippen LogP contribution is -2.62. The summed E-state index contributed by atoms with van der Waals surface area (Å²) >= 11 is 0. The zero-order valence-corrected chi connectivity index (χ0v) is 52.2. The number of ether oxygens (including phenoxy) is 6. The molecule has 0 spiro atoms. The van der Waals surface area contributed by atoms with E-state index in [0.717, 1.165) is 175 Å². The number of hydrogen-bond donors (Lipinski definition) is 0. The Morgan fingerprint density at radius 1 is 0.393 bits per heavy atom. The molecule has 0 radical (unpaired) electrons. The third-order valence-electron chi connectivity index (χ3n) is 22.0. The maximum Gasteiger partial charge on any atom is 0.409 e. The number of piperidine rings is 3. The highest BCUT2D eigenvalue weighted by molar-refractivity contribution is 5.80. The fourth-order valence-electron chi connectivity index (χ4n) is 17.3. The molecule has 0 bridgehead atoms. The van der Waals surface area contributed by atoms with Gasteiger partial charge in [-0.05, 0) is 138 Å².